The molecule has 108 valence electrons. The quantitative estimate of drug-likeness (QED) is 0.916. The number of likely N-dealkylation sites (tertiary alicyclic amines) is 1. The van der Waals surface area contributed by atoms with Crippen molar-refractivity contribution in [3.05, 3.63) is 18.0 Å². The highest BCUT2D eigenvalue weighted by Crippen LogP contribution is 2.20. The van der Waals surface area contributed by atoms with E-state index >= 15 is 0 Å². The molecule has 1 aromatic heterocycles. The summed E-state index contributed by atoms with van der Waals surface area (Å²) in [5.41, 5.74) is 6.60. The fourth-order valence-electron chi connectivity index (χ4n) is 2.46. The molecule has 1 saturated heterocycles. The molecule has 1 aliphatic rings. The minimum Gasteiger partial charge on any atom is -0.339 e. The Bertz CT molecular complexity index is 411. The number of carbonyl (C=O) groups is 1. The van der Waals surface area contributed by atoms with Gasteiger partial charge in [-0.05, 0) is 32.6 Å². The molecule has 0 aliphatic carbocycles. The maximum absolute atomic E-state index is 12.2. The lowest BCUT2D eigenvalue weighted by molar-refractivity contribution is 0.0681. The Kier molecular flexibility index (Phi) is 5.82. The van der Waals surface area contributed by atoms with Crippen LogP contribution in [0.3, 0.4) is 0 Å². The Morgan fingerprint density at radius 1 is 1.53 bits per heavy atom. The van der Waals surface area contributed by atoms with Crippen LogP contribution in [0.1, 0.15) is 37.0 Å². The number of rotatable bonds is 3. The Morgan fingerprint density at radius 3 is 2.63 bits per heavy atom. The van der Waals surface area contributed by atoms with Gasteiger partial charge in [0.05, 0.1) is 11.8 Å². The van der Waals surface area contributed by atoms with Crippen molar-refractivity contribution in [2.24, 2.45) is 11.7 Å². The Morgan fingerprint density at radius 2 is 2.16 bits per heavy atom. The first kappa shape index (κ1) is 16.0. The summed E-state index contributed by atoms with van der Waals surface area (Å²) in [4.78, 5) is 14.2. The van der Waals surface area contributed by atoms with Crippen LogP contribution in [0.5, 0.6) is 0 Å². The van der Waals surface area contributed by atoms with Gasteiger partial charge in [-0.1, -0.05) is 0 Å². The van der Waals surface area contributed by atoms with Crippen LogP contribution in [0.15, 0.2) is 12.4 Å². The summed E-state index contributed by atoms with van der Waals surface area (Å²) in [7, 11) is 0. The van der Waals surface area contributed by atoms with E-state index in [1.54, 1.807) is 10.9 Å². The fourth-order valence-corrected chi connectivity index (χ4v) is 2.46. The average Bonchev–Trinajstić information content (AvgIpc) is 2.86. The number of halogens is 1. The molecule has 0 saturated carbocycles. The van der Waals surface area contributed by atoms with Gasteiger partial charge in [-0.2, -0.15) is 5.10 Å². The van der Waals surface area contributed by atoms with Crippen molar-refractivity contribution in [1.82, 2.24) is 14.7 Å². The van der Waals surface area contributed by atoms with Crippen LogP contribution in [0, 0.1) is 5.92 Å². The van der Waals surface area contributed by atoms with Gasteiger partial charge >= 0.3 is 0 Å². The van der Waals surface area contributed by atoms with Gasteiger partial charge in [0.1, 0.15) is 0 Å². The van der Waals surface area contributed by atoms with E-state index in [0.717, 1.165) is 32.5 Å². The Labute approximate surface area is 120 Å². The lowest BCUT2D eigenvalue weighted by atomic mass is 9.91. The molecule has 2 heterocycles. The Balaban J connectivity index is 0.00000180. The van der Waals surface area contributed by atoms with Crippen molar-refractivity contribution >= 4 is 18.3 Å². The standard InChI is InChI=1S/C13H22N4O.ClH/c1-3-17-9-12(8-15-17)13(18)16-6-4-11(5-7-16)10(2)14;/h8-11H,3-7,14H2,1-2H3;1H. The molecule has 2 rings (SSSR count). The van der Waals surface area contributed by atoms with Gasteiger partial charge in [-0.25, -0.2) is 0 Å². The maximum Gasteiger partial charge on any atom is 0.257 e. The summed E-state index contributed by atoms with van der Waals surface area (Å²) >= 11 is 0. The van der Waals surface area contributed by atoms with Gasteiger partial charge in [-0.15, -0.1) is 12.4 Å². The fraction of sp³-hybridized carbons (Fsp3) is 0.692. The molecule has 6 heteroatoms. The van der Waals surface area contributed by atoms with Crippen molar-refractivity contribution in [3.63, 3.8) is 0 Å². The molecular formula is C13H23ClN4O. The van der Waals surface area contributed by atoms with Crippen molar-refractivity contribution < 1.29 is 4.79 Å². The minimum absolute atomic E-state index is 0. The van der Waals surface area contributed by atoms with Crippen LogP contribution in [0.25, 0.3) is 0 Å². The monoisotopic (exact) mass is 286 g/mol. The topological polar surface area (TPSA) is 64.2 Å². The highest BCUT2D eigenvalue weighted by Gasteiger charge is 2.25. The number of nitrogens with two attached hydrogens (primary N) is 1. The predicted octanol–water partition coefficient (Wildman–Crippen LogP) is 1.52. The second-order valence-corrected chi connectivity index (χ2v) is 5.07. The van der Waals surface area contributed by atoms with Gasteiger partial charge in [0.15, 0.2) is 0 Å². The van der Waals surface area contributed by atoms with Crippen molar-refractivity contribution in [2.45, 2.75) is 39.3 Å². The van der Waals surface area contributed by atoms with Crippen LogP contribution in [-0.4, -0.2) is 39.7 Å². The molecule has 1 atom stereocenters. The van der Waals surface area contributed by atoms with Crippen LogP contribution >= 0.6 is 12.4 Å². The molecule has 1 amide bonds. The number of aryl methyl sites for hydroxylation is 1. The van der Waals surface area contributed by atoms with Gasteiger partial charge in [0.2, 0.25) is 0 Å². The molecule has 0 aromatic carbocycles. The summed E-state index contributed by atoms with van der Waals surface area (Å²) in [6, 6.07) is 0.227. The highest BCUT2D eigenvalue weighted by atomic mass is 35.5. The smallest absolute Gasteiger partial charge is 0.257 e. The predicted molar refractivity (Wildman–Crippen MR) is 77.4 cm³/mol. The third-order valence-electron chi connectivity index (χ3n) is 3.77. The van der Waals surface area contributed by atoms with Gasteiger partial charge in [0.25, 0.3) is 5.91 Å². The molecule has 0 bridgehead atoms. The van der Waals surface area contributed by atoms with E-state index in [0.29, 0.717) is 11.5 Å². The van der Waals surface area contributed by atoms with Gasteiger partial charge in [-0.3, -0.25) is 9.48 Å². The van der Waals surface area contributed by atoms with E-state index in [4.69, 9.17) is 5.73 Å². The lowest BCUT2D eigenvalue weighted by Crippen LogP contribution is -2.42. The van der Waals surface area contributed by atoms with E-state index in [1.807, 2.05) is 24.9 Å². The summed E-state index contributed by atoms with van der Waals surface area (Å²) in [6.45, 7) is 6.47. The van der Waals surface area contributed by atoms with Gasteiger partial charge < -0.3 is 10.6 Å². The largest absolute Gasteiger partial charge is 0.339 e. The van der Waals surface area contributed by atoms with E-state index in [2.05, 4.69) is 5.10 Å². The normalized spacial score (nSPS) is 17.9. The molecular weight excluding hydrogens is 264 g/mol. The zero-order chi connectivity index (χ0) is 13.1. The summed E-state index contributed by atoms with van der Waals surface area (Å²) in [5.74, 6) is 0.644. The van der Waals surface area contributed by atoms with Crippen molar-refractivity contribution in [3.8, 4) is 0 Å². The molecule has 1 aliphatic heterocycles. The number of amides is 1. The molecule has 0 radical (unpaired) electrons. The molecule has 19 heavy (non-hydrogen) atoms. The van der Waals surface area contributed by atoms with E-state index in [9.17, 15) is 4.79 Å². The number of hydrogen-bond acceptors (Lipinski definition) is 3. The summed E-state index contributed by atoms with van der Waals surface area (Å²) in [6.07, 6.45) is 5.49. The van der Waals surface area contributed by atoms with Crippen LogP contribution < -0.4 is 5.73 Å². The third kappa shape index (κ3) is 3.70. The van der Waals surface area contributed by atoms with E-state index in [-0.39, 0.29) is 24.4 Å². The Hall–Kier alpha value is -1.07. The van der Waals surface area contributed by atoms with Crippen molar-refractivity contribution in [1.29, 1.82) is 0 Å². The van der Waals surface area contributed by atoms with Crippen LogP contribution in [0.4, 0.5) is 0 Å². The molecule has 2 N–H and O–H groups in total. The first-order chi connectivity index (χ1) is 8.61. The number of piperidine rings is 1. The first-order valence-corrected chi connectivity index (χ1v) is 6.69. The second kappa shape index (κ2) is 6.91. The summed E-state index contributed by atoms with van der Waals surface area (Å²) in [5, 5.41) is 4.14. The number of carbonyl (C=O) groups excluding carboxylic acids is 1. The molecule has 1 unspecified atom stereocenters. The van der Waals surface area contributed by atoms with E-state index in [1.165, 1.54) is 0 Å². The number of aromatic nitrogens is 2. The highest BCUT2D eigenvalue weighted by molar-refractivity contribution is 5.93. The maximum atomic E-state index is 12.2. The lowest BCUT2D eigenvalue weighted by Gasteiger charge is -2.33. The van der Waals surface area contributed by atoms with Gasteiger partial charge in [0, 0.05) is 31.9 Å². The zero-order valence-corrected chi connectivity index (χ0v) is 12.4. The molecule has 5 nitrogen and oxygen atoms in total. The number of hydrogen-bond donors (Lipinski definition) is 1. The SMILES string of the molecule is CCn1cc(C(=O)N2CCC(C(C)N)CC2)cn1.Cl. The number of nitrogens with zero attached hydrogens (tertiary/aromatic N) is 3. The first-order valence-electron chi connectivity index (χ1n) is 6.69. The third-order valence-corrected chi connectivity index (χ3v) is 3.77. The molecule has 1 aromatic rings. The van der Waals surface area contributed by atoms with E-state index < -0.39 is 0 Å². The minimum atomic E-state index is 0. The molecule has 0 spiro atoms. The molecule has 1 fully saturated rings. The average molecular weight is 287 g/mol. The second-order valence-electron chi connectivity index (χ2n) is 5.07. The zero-order valence-electron chi connectivity index (χ0n) is 11.6. The van der Waals surface area contributed by atoms with Crippen LogP contribution in [-0.2, 0) is 6.54 Å². The summed E-state index contributed by atoms with van der Waals surface area (Å²) < 4.78 is 1.78. The van der Waals surface area contributed by atoms with Crippen molar-refractivity contribution in [2.75, 3.05) is 13.1 Å². The van der Waals surface area contributed by atoms with Crippen LogP contribution in [0.2, 0.25) is 0 Å².